The molecule has 0 saturated heterocycles. The van der Waals surface area contributed by atoms with E-state index in [0.29, 0.717) is 21.9 Å². The average molecular weight is 331 g/mol. The molecule has 0 fully saturated rings. The molecule has 2 heterocycles. The summed E-state index contributed by atoms with van der Waals surface area (Å²) in [5.41, 5.74) is 2.03. The molecule has 0 saturated carbocycles. The first-order valence-corrected chi connectivity index (χ1v) is 7.73. The van der Waals surface area contributed by atoms with Gasteiger partial charge in [0.2, 0.25) is 0 Å². The number of nitriles is 1. The van der Waals surface area contributed by atoms with Crippen molar-refractivity contribution in [1.29, 1.82) is 5.26 Å². The smallest absolute Gasteiger partial charge is 0.139 e. The summed E-state index contributed by atoms with van der Waals surface area (Å²) >= 11 is 6.06. The van der Waals surface area contributed by atoms with E-state index >= 15 is 0 Å². The molecule has 0 amide bonds. The normalized spacial score (nSPS) is 10.7. The molecular formula is C19H11ClN4. The van der Waals surface area contributed by atoms with E-state index in [9.17, 15) is 5.26 Å². The molecule has 4 rings (SSSR count). The number of anilines is 2. The third-order valence-electron chi connectivity index (χ3n) is 3.83. The second-order valence-electron chi connectivity index (χ2n) is 5.33. The number of hydrogen-bond donors (Lipinski definition) is 1. The summed E-state index contributed by atoms with van der Waals surface area (Å²) in [5.74, 6) is 0.671. The Morgan fingerprint density at radius 2 is 1.88 bits per heavy atom. The number of benzene rings is 2. The van der Waals surface area contributed by atoms with E-state index in [-0.39, 0.29) is 0 Å². The van der Waals surface area contributed by atoms with E-state index in [2.05, 4.69) is 16.4 Å². The van der Waals surface area contributed by atoms with Gasteiger partial charge in [-0.25, -0.2) is 4.98 Å². The molecule has 0 bridgehead atoms. The van der Waals surface area contributed by atoms with Crippen LogP contribution < -0.4 is 5.32 Å². The second kappa shape index (κ2) is 5.80. The van der Waals surface area contributed by atoms with Gasteiger partial charge in [-0.15, -0.1) is 0 Å². The lowest BCUT2D eigenvalue weighted by Gasteiger charge is -2.12. The molecule has 0 spiro atoms. The first-order chi connectivity index (χ1) is 11.8. The maximum Gasteiger partial charge on any atom is 0.139 e. The number of aromatic nitrogens is 2. The summed E-state index contributed by atoms with van der Waals surface area (Å²) in [4.78, 5) is 8.92. The molecule has 114 valence electrons. The van der Waals surface area contributed by atoms with Gasteiger partial charge in [-0.05, 0) is 30.3 Å². The summed E-state index contributed by atoms with van der Waals surface area (Å²) in [6.45, 7) is 0. The lowest BCUT2D eigenvalue weighted by molar-refractivity contribution is 1.34. The fourth-order valence-electron chi connectivity index (χ4n) is 2.76. The van der Waals surface area contributed by atoms with Gasteiger partial charge in [0.05, 0.1) is 11.1 Å². The molecule has 4 aromatic rings. The maximum atomic E-state index is 9.38. The molecule has 0 unspecified atom stereocenters. The molecule has 2 aromatic carbocycles. The monoisotopic (exact) mass is 330 g/mol. The van der Waals surface area contributed by atoms with E-state index in [1.54, 1.807) is 18.5 Å². The summed E-state index contributed by atoms with van der Waals surface area (Å²) in [7, 11) is 0. The number of pyridine rings is 2. The van der Waals surface area contributed by atoms with Crippen LogP contribution in [0.5, 0.6) is 0 Å². The Morgan fingerprint density at radius 3 is 2.71 bits per heavy atom. The van der Waals surface area contributed by atoms with Gasteiger partial charge in [-0.2, -0.15) is 5.26 Å². The van der Waals surface area contributed by atoms with Crippen molar-refractivity contribution in [3.8, 4) is 6.07 Å². The van der Waals surface area contributed by atoms with Gasteiger partial charge in [0.1, 0.15) is 11.9 Å². The highest BCUT2D eigenvalue weighted by molar-refractivity contribution is 6.30. The van der Waals surface area contributed by atoms with Crippen LogP contribution >= 0.6 is 11.6 Å². The Hall–Kier alpha value is -3.16. The van der Waals surface area contributed by atoms with E-state index < -0.39 is 0 Å². The number of halogens is 1. The Balaban J connectivity index is 2.01. The first-order valence-electron chi connectivity index (χ1n) is 7.35. The van der Waals surface area contributed by atoms with Crippen molar-refractivity contribution in [2.45, 2.75) is 0 Å². The van der Waals surface area contributed by atoms with E-state index in [1.165, 1.54) is 0 Å². The number of fused-ring (bicyclic) bond motifs is 3. The van der Waals surface area contributed by atoms with Crippen LogP contribution in [0, 0.1) is 11.3 Å². The molecule has 0 radical (unpaired) electrons. The SMILES string of the molecule is N#Cc1cccc2c1nc(Nc1cccc(Cl)c1)c1ccncc12. The standard InChI is InChI=1S/C19H11ClN4/c20-13-4-2-5-14(9-13)23-19-16-7-8-22-11-17(16)15-6-1-3-12(10-21)18(15)24-19/h1-9,11H,(H,23,24). The lowest BCUT2D eigenvalue weighted by atomic mass is 10.0. The van der Waals surface area contributed by atoms with Gasteiger partial charge >= 0.3 is 0 Å². The molecule has 0 atom stereocenters. The molecule has 2 aromatic heterocycles. The van der Waals surface area contributed by atoms with Crippen LogP contribution in [0.4, 0.5) is 11.5 Å². The van der Waals surface area contributed by atoms with Crippen molar-refractivity contribution in [3.05, 3.63) is 71.5 Å². The highest BCUT2D eigenvalue weighted by Crippen LogP contribution is 2.32. The maximum absolute atomic E-state index is 9.38. The van der Waals surface area contributed by atoms with Crippen LogP contribution in [0.3, 0.4) is 0 Å². The van der Waals surface area contributed by atoms with E-state index in [0.717, 1.165) is 21.8 Å². The summed E-state index contributed by atoms with van der Waals surface area (Å²) in [6, 6.07) is 17.1. The predicted octanol–water partition coefficient (Wildman–Crippen LogP) is 5.05. The van der Waals surface area contributed by atoms with Crippen LogP contribution in [-0.2, 0) is 0 Å². The minimum absolute atomic E-state index is 0.535. The molecule has 0 aliphatic carbocycles. The number of nitrogens with one attached hydrogen (secondary N) is 1. The lowest BCUT2D eigenvalue weighted by Crippen LogP contribution is -1.97. The van der Waals surface area contributed by atoms with Crippen molar-refractivity contribution < 1.29 is 0 Å². The zero-order chi connectivity index (χ0) is 16.5. The summed E-state index contributed by atoms with van der Waals surface area (Å²) < 4.78 is 0. The minimum Gasteiger partial charge on any atom is -0.340 e. The van der Waals surface area contributed by atoms with Gasteiger partial charge in [0.15, 0.2) is 0 Å². The molecule has 5 heteroatoms. The van der Waals surface area contributed by atoms with Gasteiger partial charge in [-0.1, -0.05) is 29.8 Å². The number of rotatable bonds is 2. The van der Waals surface area contributed by atoms with Gasteiger partial charge in [-0.3, -0.25) is 4.98 Å². The highest BCUT2D eigenvalue weighted by atomic mass is 35.5. The zero-order valence-corrected chi connectivity index (χ0v) is 13.2. The zero-order valence-electron chi connectivity index (χ0n) is 12.5. The Kier molecular flexibility index (Phi) is 3.49. The number of para-hydroxylation sites is 1. The molecule has 4 nitrogen and oxygen atoms in total. The van der Waals surface area contributed by atoms with Crippen molar-refractivity contribution in [3.63, 3.8) is 0 Å². The van der Waals surface area contributed by atoms with Crippen molar-refractivity contribution in [2.24, 2.45) is 0 Å². The fourth-order valence-corrected chi connectivity index (χ4v) is 2.95. The van der Waals surface area contributed by atoms with Crippen LogP contribution in [0.25, 0.3) is 21.7 Å². The van der Waals surface area contributed by atoms with Crippen molar-refractivity contribution in [1.82, 2.24) is 9.97 Å². The third-order valence-corrected chi connectivity index (χ3v) is 4.07. The summed E-state index contributed by atoms with van der Waals surface area (Å²) in [6.07, 6.45) is 3.52. The Labute approximate surface area is 143 Å². The summed E-state index contributed by atoms with van der Waals surface area (Å²) in [5, 5.41) is 16.1. The van der Waals surface area contributed by atoms with Gasteiger partial charge in [0.25, 0.3) is 0 Å². The van der Waals surface area contributed by atoms with E-state index in [4.69, 9.17) is 16.6 Å². The minimum atomic E-state index is 0.535. The number of hydrogen-bond acceptors (Lipinski definition) is 4. The van der Waals surface area contributed by atoms with Crippen LogP contribution in [0.2, 0.25) is 5.02 Å². The largest absolute Gasteiger partial charge is 0.340 e. The van der Waals surface area contributed by atoms with Gasteiger partial charge < -0.3 is 5.32 Å². The van der Waals surface area contributed by atoms with E-state index in [1.807, 2.05) is 42.5 Å². The molecule has 0 aliphatic rings. The van der Waals surface area contributed by atoms with Crippen LogP contribution in [0.1, 0.15) is 5.56 Å². The first kappa shape index (κ1) is 14.4. The quantitative estimate of drug-likeness (QED) is 0.522. The number of nitrogens with zero attached hydrogens (tertiary/aromatic N) is 3. The average Bonchev–Trinajstić information content (AvgIpc) is 2.61. The Bertz CT molecular complexity index is 1120. The highest BCUT2D eigenvalue weighted by Gasteiger charge is 2.11. The fraction of sp³-hybridized carbons (Fsp3) is 0. The van der Waals surface area contributed by atoms with Gasteiger partial charge in [0, 0.05) is 39.3 Å². The molecule has 0 aliphatic heterocycles. The van der Waals surface area contributed by atoms with Crippen molar-refractivity contribution >= 4 is 44.8 Å². The third kappa shape index (κ3) is 2.41. The molecular weight excluding hydrogens is 320 g/mol. The van der Waals surface area contributed by atoms with Crippen LogP contribution in [0.15, 0.2) is 60.9 Å². The second-order valence-corrected chi connectivity index (χ2v) is 5.77. The molecule has 1 N–H and O–H groups in total. The molecule has 24 heavy (non-hydrogen) atoms. The Morgan fingerprint density at radius 1 is 1.00 bits per heavy atom. The van der Waals surface area contributed by atoms with Crippen molar-refractivity contribution in [2.75, 3.05) is 5.32 Å². The van der Waals surface area contributed by atoms with Crippen LogP contribution in [-0.4, -0.2) is 9.97 Å². The topological polar surface area (TPSA) is 61.6 Å². The predicted molar refractivity (Wildman–Crippen MR) is 96.5 cm³/mol.